The van der Waals surface area contributed by atoms with Crippen LogP contribution < -0.4 is 0 Å². The molecule has 0 amide bonds. The normalized spacial score (nSPS) is 17.7. The lowest BCUT2D eigenvalue weighted by Crippen LogP contribution is -2.10. The molecule has 4 aromatic rings. The maximum absolute atomic E-state index is 5.98. The second-order valence-electron chi connectivity index (χ2n) is 6.05. The number of rotatable bonds is 1. The summed E-state index contributed by atoms with van der Waals surface area (Å²) in [7, 11) is 2.03. The zero-order valence-corrected chi connectivity index (χ0v) is 12.9. The number of furan rings is 2. The van der Waals surface area contributed by atoms with Crippen LogP contribution in [0.25, 0.3) is 33.1 Å². The molecule has 0 aliphatic carbocycles. The van der Waals surface area contributed by atoms with Gasteiger partial charge in [-0.25, -0.2) is 9.57 Å². The summed E-state index contributed by atoms with van der Waals surface area (Å²) >= 11 is 0. The molecule has 3 heterocycles. The van der Waals surface area contributed by atoms with Crippen LogP contribution in [0.5, 0.6) is 0 Å². The first kappa shape index (κ1) is 12.6. The largest absolute Gasteiger partial charge is 0.425 e. The topological polar surface area (TPSA) is 41.6 Å². The van der Waals surface area contributed by atoms with E-state index in [9.17, 15) is 0 Å². The highest BCUT2D eigenvalue weighted by Gasteiger charge is 2.25. The van der Waals surface area contributed by atoms with E-state index in [1.807, 2.05) is 37.7 Å². The Kier molecular flexibility index (Phi) is 2.37. The van der Waals surface area contributed by atoms with Crippen molar-refractivity contribution < 1.29 is 13.4 Å². The van der Waals surface area contributed by atoms with Crippen LogP contribution in [-0.4, -0.2) is 24.1 Å². The third-order valence-corrected chi connectivity index (χ3v) is 4.60. The van der Waals surface area contributed by atoms with Crippen LogP contribution in [-0.2, 0) is 0 Å². The van der Waals surface area contributed by atoms with Crippen molar-refractivity contribution in [2.45, 2.75) is 13.1 Å². The Labute approximate surface area is 132 Å². The minimum absolute atomic E-state index is 0.0209. The van der Waals surface area contributed by atoms with Crippen molar-refractivity contribution in [2.75, 3.05) is 7.05 Å². The molecule has 0 saturated heterocycles. The summed E-state index contributed by atoms with van der Waals surface area (Å²) in [6.07, 6.45) is 3.85. The lowest BCUT2D eigenvalue weighted by molar-refractivity contribution is -0.533. The fourth-order valence-corrected chi connectivity index (χ4v) is 3.42. The van der Waals surface area contributed by atoms with E-state index in [4.69, 9.17) is 8.83 Å². The van der Waals surface area contributed by atoms with E-state index >= 15 is 0 Å². The molecule has 1 unspecified atom stereocenters. The van der Waals surface area contributed by atoms with Crippen molar-refractivity contribution in [3.63, 3.8) is 0 Å². The molecule has 1 aliphatic heterocycles. The highest BCUT2D eigenvalue weighted by Crippen LogP contribution is 2.39. The molecule has 0 bridgehead atoms. The molecular weight excluding hydrogens is 288 g/mol. The summed E-state index contributed by atoms with van der Waals surface area (Å²) < 4.78 is 13.9. The average molecular weight is 303 g/mol. The number of aryl methyl sites for hydroxylation is 1. The van der Waals surface area contributed by atoms with Crippen molar-refractivity contribution in [1.29, 1.82) is 0 Å². The summed E-state index contributed by atoms with van der Waals surface area (Å²) in [4.78, 5) is 4.53. The predicted molar refractivity (Wildman–Crippen MR) is 91.7 cm³/mol. The standard InChI is InChI=1S/C19H15N2O2/c1-11-9-14-16(10-13(11)18-20-7-8-21(18)2)23-19-17(14)12-5-3-4-6-15(12)22-19/h3-10,18H,1-2H3/q+1. The van der Waals surface area contributed by atoms with Gasteiger partial charge in [0.05, 0.1) is 17.2 Å². The Morgan fingerprint density at radius 2 is 1.87 bits per heavy atom. The van der Waals surface area contributed by atoms with Gasteiger partial charge in [-0.05, 0) is 30.7 Å². The molecule has 1 atom stereocenters. The Balaban J connectivity index is 1.83. The van der Waals surface area contributed by atoms with Gasteiger partial charge in [0.1, 0.15) is 18.2 Å². The molecule has 4 heteroatoms. The van der Waals surface area contributed by atoms with Gasteiger partial charge >= 0.3 is 0 Å². The van der Waals surface area contributed by atoms with Gasteiger partial charge in [-0.2, -0.15) is 0 Å². The monoisotopic (exact) mass is 303 g/mol. The van der Waals surface area contributed by atoms with Gasteiger partial charge in [-0.3, -0.25) is 0 Å². The molecule has 0 spiro atoms. The van der Waals surface area contributed by atoms with Crippen molar-refractivity contribution in [3.05, 3.63) is 47.5 Å². The number of nitrogens with zero attached hydrogens (tertiary/aromatic N) is 2. The van der Waals surface area contributed by atoms with Gasteiger partial charge < -0.3 is 8.83 Å². The number of hydrogen-bond acceptors (Lipinski definition) is 3. The highest BCUT2D eigenvalue weighted by atomic mass is 16.5. The smallest absolute Gasteiger partial charge is 0.299 e. The fourth-order valence-electron chi connectivity index (χ4n) is 3.42. The van der Waals surface area contributed by atoms with Crippen molar-refractivity contribution in [2.24, 2.45) is 4.99 Å². The maximum Gasteiger partial charge on any atom is 0.299 e. The van der Waals surface area contributed by atoms with Crippen LogP contribution in [0.1, 0.15) is 17.3 Å². The summed E-state index contributed by atoms with van der Waals surface area (Å²) in [5.74, 6) is 0.590. The van der Waals surface area contributed by atoms with Crippen molar-refractivity contribution >= 4 is 45.5 Å². The molecule has 0 saturated carbocycles. The zero-order valence-electron chi connectivity index (χ0n) is 12.9. The fraction of sp³-hybridized carbons (Fsp3) is 0.158. The molecule has 2 aromatic carbocycles. The van der Waals surface area contributed by atoms with Crippen LogP contribution >= 0.6 is 0 Å². The molecule has 1 aliphatic rings. The Morgan fingerprint density at radius 1 is 1.04 bits per heavy atom. The molecule has 0 radical (unpaired) electrons. The molecular formula is C19H15N2O2+. The van der Waals surface area contributed by atoms with Crippen LogP contribution in [0, 0.1) is 6.92 Å². The van der Waals surface area contributed by atoms with Gasteiger partial charge in [0.25, 0.3) is 11.9 Å². The zero-order chi connectivity index (χ0) is 15.6. The van der Waals surface area contributed by atoms with E-state index < -0.39 is 0 Å². The highest BCUT2D eigenvalue weighted by molar-refractivity contribution is 6.17. The molecule has 0 fully saturated rings. The Hall–Kier alpha value is -2.88. The van der Waals surface area contributed by atoms with Gasteiger partial charge in [0, 0.05) is 10.8 Å². The second kappa shape index (κ2) is 4.32. The molecule has 5 rings (SSSR count). The second-order valence-corrected chi connectivity index (χ2v) is 6.05. The van der Waals surface area contributed by atoms with Gasteiger partial charge in [-0.15, -0.1) is 0 Å². The van der Waals surface area contributed by atoms with Crippen LogP contribution in [0.15, 0.2) is 50.2 Å². The number of fused-ring (bicyclic) bond motifs is 5. The number of hydrogen-bond donors (Lipinski definition) is 0. The number of para-hydroxylation sites is 1. The molecule has 2 aromatic heterocycles. The van der Waals surface area contributed by atoms with E-state index in [0.717, 1.165) is 32.9 Å². The quantitative estimate of drug-likeness (QED) is 0.488. The van der Waals surface area contributed by atoms with Crippen molar-refractivity contribution in [1.82, 2.24) is 0 Å². The average Bonchev–Trinajstić information content (AvgIpc) is 3.20. The van der Waals surface area contributed by atoms with Crippen LogP contribution in [0.4, 0.5) is 0 Å². The first-order chi connectivity index (χ1) is 11.2. The Morgan fingerprint density at radius 3 is 2.70 bits per heavy atom. The molecule has 4 nitrogen and oxygen atoms in total. The first-order valence-corrected chi connectivity index (χ1v) is 7.65. The number of aliphatic imine (C=N–C) groups is 1. The van der Waals surface area contributed by atoms with Gasteiger partial charge in [0.15, 0.2) is 6.21 Å². The van der Waals surface area contributed by atoms with E-state index in [0.29, 0.717) is 5.78 Å². The van der Waals surface area contributed by atoms with E-state index in [-0.39, 0.29) is 6.17 Å². The SMILES string of the molecule is Cc1cc2c(cc1C1N=CC=[N+]1C)oc1oc3ccccc3c12. The third-order valence-electron chi connectivity index (χ3n) is 4.60. The van der Waals surface area contributed by atoms with Gasteiger partial charge in [0.2, 0.25) is 0 Å². The third kappa shape index (κ3) is 1.66. The number of benzene rings is 2. The Bertz CT molecular complexity index is 1140. The minimum Gasteiger partial charge on any atom is -0.425 e. The van der Waals surface area contributed by atoms with E-state index in [1.54, 1.807) is 0 Å². The summed E-state index contributed by atoms with van der Waals surface area (Å²) in [6.45, 7) is 2.12. The van der Waals surface area contributed by atoms with E-state index in [2.05, 4.69) is 34.7 Å². The predicted octanol–water partition coefficient (Wildman–Crippen LogP) is 4.44. The lowest BCUT2D eigenvalue weighted by Gasteiger charge is -2.08. The molecule has 23 heavy (non-hydrogen) atoms. The summed E-state index contributed by atoms with van der Waals surface area (Å²) in [5.41, 5.74) is 4.07. The van der Waals surface area contributed by atoms with Crippen LogP contribution in [0.2, 0.25) is 0 Å². The summed E-state index contributed by atoms with van der Waals surface area (Å²) in [5, 5.41) is 3.25. The molecule has 0 N–H and O–H groups in total. The van der Waals surface area contributed by atoms with E-state index in [1.165, 1.54) is 5.56 Å². The first-order valence-electron chi connectivity index (χ1n) is 7.65. The maximum atomic E-state index is 5.98. The lowest BCUT2D eigenvalue weighted by atomic mass is 10.0. The molecule has 112 valence electrons. The van der Waals surface area contributed by atoms with Gasteiger partial charge in [-0.1, -0.05) is 18.2 Å². The van der Waals surface area contributed by atoms with Crippen molar-refractivity contribution in [3.8, 4) is 0 Å². The van der Waals surface area contributed by atoms with Crippen LogP contribution in [0.3, 0.4) is 0 Å². The summed E-state index contributed by atoms with van der Waals surface area (Å²) in [6, 6.07) is 12.3. The minimum atomic E-state index is 0.0209.